The molecule has 28 heavy (non-hydrogen) atoms. The lowest BCUT2D eigenvalue weighted by Gasteiger charge is -2.18. The molecule has 1 unspecified atom stereocenters. The normalized spacial score (nSPS) is 12.3. The molecule has 156 valence electrons. The molecule has 0 fully saturated rings. The summed E-state index contributed by atoms with van der Waals surface area (Å²) < 4.78 is 7.27. The van der Waals surface area contributed by atoms with Gasteiger partial charge in [0, 0.05) is 25.3 Å². The number of aliphatic imine (C=N–C) groups is 1. The van der Waals surface area contributed by atoms with Crippen LogP contribution in [0.2, 0.25) is 0 Å². The van der Waals surface area contributed by atoms with E-state index in [1.165, 1.54) is 11.3 Å². The summed E-state index contributed by atoms with van der Waals surface area (Å²) >= 11 is 0. The quantitative estimate of drug-likeness (QED) is 0.347. The number of methoxy groups -OCH3 is 1. The monoisotopic (exact) mass is 499 g/mol. The number of benzene rings is 1. The van der Waals surface area contributed by atoms with E-state index in [-0.39, 0.29) is 30.0 Å². The van der Waals surface area contributed by atoms with Gasteiger partial charge in [-0.1, -0.05) is 12.1 Å². The first-order valence-electron chi connectivity index (χ1n) is 9.53. The van der Waals surface area contributed by atoms with Gasteiger partial charge in [0.25, 0.3) is 0 Å². The van der Waals surface area contributed by atoms with E-state index in [4.69, 9.17) is 9.73 Å². The Morgan fingerprint density at radius 2 is 2.00 bits per heavy atom. The summed E-state index contributed by atoms with van der Waals surface area (Å²) in [6.45, 7) is 11.9. The predicted molar refractivity (Wildman–Crippen MR) is 127 cm³/mol. The van der Waals surface area contributed by atoms with Gasteiger partial charge in [0.15, 0.2) is 5.96 Å². The topological polar surface area (TPSA) is 63.5 Å². The zero-order chi connectivity index (χ0) is 20.0. The third-order valence-corrected chi connectivity index (χ3v) is 4.78. The van der Waals surface area contributed by atoms with Gasteiger partial charge >= 0.3 is 0 Å². The second-order valence-corrected chi connectivity index (χ2v) is 7.02. The van der Waals surface area contributed by atoms with Crippen LogP contribution in [0, 0.1) is 20.8 Å². The lowest BCUT2D eigenvalue weighted by Crippen LogP contribution is -2.43. The molecular formula is C21H34IN5O. The third kappa shape index (κ3) is 6.39. The summed E-state index contributed by atoms with van der Waals surface area (Å²) in [5, 5.41) is 11.4. The van der Waals surface area contributed by atoms with E-state index in [9.17, 15) is 0 Å². The summed E-state index contributed by atoms with van der Waals surface area (Å²) in [6.07, 6.45) is 0.914. The number of halogens is 1. The Morgan fingerprint density at radius 3 is 2.54 bits per heavy atom. The van der Waals surface area contributed by atoms with E-state index in [0.717, 1.165) is 41.5 Å². The Bertz CT molecular complexity index is 800. The molecular weight excluding hydrogens is 465 g/mol. The number of ether oxygens (including phenoxy) is 1. The molecule has 7 heteroatoms. The van der Waals surface area contributed by atoms with Crippen molar-refractivity contribution in [2.75, 3.05) is 13.7 Å². The van der Waals surface area contributed by atoms with Gasteiger partial charge < -0.3 is 15.4 Å². The van der Waals surface area contributed by atoms with Crippen molar-refractivity contribution in [3.05, 3.63) is 46.3 Å². The average molecular weight is 499 g/mol. The van der Waals surface area contributed by atoms with Crippen LogP contribution in [0.5, 0.6) is 5.75 Å². The molecule has 0 saturated heterocycles. The summed E-state index contributed by atoms with van der Waals surface area (Å²) in [4.78, 5) is 4.74. The Labute approximate surface area is 186 Å². The third-order valence-electron chi connectivity index (χ3n) is 4.78. The fourth-order valence-corrected chi connectivity index (χ4v) is 3.23. The van der Waals surface area contributed by atoms with Crippen molar-refractivity contribution in [2.24, 2.45) is 12.0 Å². The maximum Gasteiger partial charge on any atom is 0.191 e. The first-order chi connectivity index (χ1) is 12.8. The average Bonchev–Trinajstić information content (AvgIpc) is 2.86. The van der Waals surface area contributed by atoms with E-state index in [1.54, 1.807) is 7.11 Å². The van der Waals surface area contributed by atoms with Crippen LogP contribution in [-0.4, -0.2) is 35.4 Å². The molecule has 0 aliphatic rings. The predicted octanol–water partition coefficient (Wildman–Crippen LogP) is 3.66. The summed E-state index contributed by atoms with van der Waals surface area (Å²) in [5.41, 5.74) is 5.91. The van der Waals surface area contributed by atoms with Crippen molar-refractivity contribution in [1.82, 2.24) is 20.4 Å². The Morgan fingerprint density at radius 1 is 1.29 bits per heavy atom. The number of nitrogens with one attached hydrogen (secondary N) is 2. The van der Waals surface area contributed by atoms with Crippen LogP contribution in [-0.2, 0) is 20.0 Å². The molecule has 1 heterocycles. The van der Waals surface area contributed by atoms with Gasteiger partial charge in [-0.2, -0.15) is 5.10 Å². The standard InChI is InChI=1S/C21H33N5O.HI/c1-8-22-21(23-13-18-9-10-20(27-7)14(2)11-18)24-15(3)12-19-16(4)25-26(6)17(19)5;/h9-11,15H,8,12-13H2,1-7H3,(H2,22,23,24);1H. The summed E-state index contributed by atoms with van der Waals surface area (Å²) in [5.74, 6) is 1.74. The maximum atomic E-state index is 5.33. The van der Waals surface area contributed by atoms with Crippen molar-refractivity contribution in [3.63, 3.8) is 0 Å². The van der Waals surface area contributed by atoms with Crippen molar-refractivity contribution in [2.45, 2.75) is 53.6 Å². The van der Waals surface area contributed by atoms with Crippen LogP contribution in [0.1, 0.15) is 41.9 Å². The van der Waals surface area contributed by atoms with E-state index >= 15 is 0 Å². The van der Waals surface area contributed by atoms with Gasteiger partial charge in [-0.05, 0) is 63.8 Å². The van der Waals surface area contributed by atoms with E-state index in [1.807, 2.05) is 17.8 Å². The lowest BCUT2D eigenvalue weighted by atomic mass is 10.1. The molecule has 0 bridgehead atoms. The highest BCUT2D eigenvalue weighted by atomic mass is 127. The molecule has 0 aliphatic carbocycles. The van der Waals surface area contributed by atoms with Gasteiger partial charge in [-0.3, -0.25) is 4.68 Å². The minimum absolute atomic E-state index is 0. The Balaban J connectivity index is 0.00000392. The fourth-order valence-electron chi connectivity index (χ4n) is 3.23. The largest absolute Gasteiger partial charge is 0.496 e. The van der Waals surface area contributed by atoms with Gasteiger partial charge in [0.05, 0.1) is 19.3 Å². The maximum absolute atomic E-state index is 5.33. The molecule has 1 aromatic heterocycles. The molecule has 2 aromatic rings. The molecule has 1 aromatic carbocycles. The summed E-state index contributed by atoms with van der Waals surface area (Å²) in [7, 11) is 3.69. The molecule has 0 spiro atoms. The minimum atomic E-state index is 0. The molecule has 0 saturated carbocycles. The number of hydrogen-bond acceptors (Lipinski definition) is 3. The number of nitrogens with zero attached hydrogens (tertiary/aromatic N) is 3. The molecule has 0 amide bonds. The summed E-state index contributed by atoms with van der Waals surface area (Å²) in [6, 6.07) is 6.43. The van der Waals surface area contributed by atoms with Crippen LogP contribution in [0.25, 0.3) is 0 Å². The SMILES string of the molecule is CCNC(=NCc1ccc(OC)c(C)c1)NC(C)Cc1c(C)nn(C)c1C.I. The van der Waals surface area contributed by atoms with Crippen LogP contribution < -0.4 is 15.4 Å². The zero-order valence-corrected chi connectivity index (χ0v) is 20.4. The van der Waals surface area contributed by atoms with Crippen molar-refractivity contribution < 1.29 is 4.74 Å². The number of guanidine groups is 1. The van der Waals surface area contributed by atoms with Crippen molar-refractivity contribution in [3.8, 4) is 5.75 Å². The smallest absolute Gasteiger partial charge is 0.191 e. The highest BCUT2D eigenvalue weighted by Gasteiger charge is 2.14. The first-order valence-corrected chi connectivity index (χ1v) is 9.53. The van der Waals surface area contributed by atoms with Crippen LogP contribution >= 0.6 is 24.0 Å². The first kappa shape index (κ1) is 24.3. The van der Waals surface area contributed by atoms with Crippen molar-refractivity contribution in [1.29, 1.82) is 0 Å². The van der Waals surface area contributed by atoms with Gasteiger partial charge in [-0.25, -0.2) is 4.99 Å². The molecule has 2 N–H and O–H groups in total. The highest BCUT2D eigenvalue weighted by molar-refractivity contribution is 14.0. The van der Waals surface area contributed by atoms with Gasteiger partial charge in [0.2, 0.25) is 0 Å². The molecule has 1 atom stereocenters. The molecule has 0 radical (unpaired) electrons. The fraction of sp³-hybridized carbons (Fsp3) is 0.524. The second kappa shape index (κ2) is 11.3. The van der Waals surface area contributed by atoms with Gasteiger partial charge in [0.1, 0.15) is 5.75 Å². The van der Waals surface area contributed by atoms with E-state index in [0.29, 0.717) is 6.54 Å². The molecule has 0 aliphatic heterocycles. The Hall–Kier alpha value is -1.77. The lowest BCUT2D eigenvalue weighted by molar-refractivity contribution is 0.411. The van der Waals surface area contributed by atoms with Crippen LogP contribution in [0.3, 0.4) is 0 Å². The second-order valence-electron chi connectivity index (χ2n) is 7.02. The number of rotatable bonds is 7. The molecule has 2 rings (SSSR count). The zero-order valence-electron chi connectivity index (χ0n) is 18.1. The highest BCUT2D eigenvalue weighted by Crippen LogP contribution is 2.19. The number of aryl methyl sites for hydroxylation is 3. The van der Waals surface area contributed by atoms with Crippen LogP contribution in [0.15, 0.2) is 23.2 Å². The number of aromatic nitrogens is 2. The van der Waals surface area contributed by atoms with Crippen molar-refractivity contribution >= 4 is 29.9 Å². The van der Waals surface area contributed by atoms with E-state index < -0.39 is 0 Å². The molecule has 6 nitrogen and oxygen atoms in total. The van der Waals surface area contributed by atoms with Crippen LogP contribution in [0.4, 0.5) is 0 Å². The Kier molecular flexibility index (Phi) is 9.78. The number of hydrogen-bond donors (Lipinski definition) is 2. The van der Waals surface area contributed by atoms with E-state index in [2.05, 4.69) is 62.5 Å². The minimum Gasteiger partial charge on any atom is -0.496 e. The van der Waals surface area contributed by atoms with Gasteiger partial charge in [-0.15, -0.1) is 24.0 Å².